The quantitative estimate of drug-likeness (QED) is 0.785. The van der Waals surface area contributed by atoms with E-state index in [9.17, 15) is 8.42 Å². The van der Waals surface area contributed by atoms with Gasteiger partial charge in [-0.3, -0.25) is 0 Å². The van der Waals surface area contributed by atoms with Crippen molar-refractivity contribution in [3.8, 4) is 11.5 Å². The number of aryl methyl sites for hydroxylation is 1. The first-order valence-corrected chi connectivity index (χ1v) is 9.30. The molecule has 1 aliphatic rings. The van der Waals surface area contributed by atoms with E-state index in [2.05, 4.69) is 0 Å². The molecule has 0 aromatic heterocycles. The van der Waals surface area contributed by atoms with E-state index in [0.29, 0.717) is 5.75 Å². The summed E-state index contributed by atoms with van der Waals surface area (Å²) in [5, 5.41) is 0. The van der Waals surface area contributed by atoms with Crippen LogP contribution in [-0.4, -0.2) is 13.4 Å². The number of benzene rings is 2. The molecule has 1 heterocycles. The van der Waals surface area contributed by atoms with Crippen LogP contribution in [0.25, 0.3) is 0 Å². The molecule has 0 saturated carbocycles. The summed E-state index contributed by atoms with van der Waals surface area (Å²) in [4.78, 5) is -1.52. The third-order valence-corrected chi connectivity index (χ3v) is 7.15. The van der Waals surface area contributed by atoms with Gasteiger partial charge in [0.25, 0.3) is 0 Å². The van der Waals surface area contributed by atoms with E-state index in [4.69, 9.17) is 8.92 Å². The molecule has 1 unspecified atom stereocenters. The highest BCUT2D eigenvalue weighted by Crippen LogP contribution is 2.53. The Kier molecular flexibility index (Phi) is 3.68. The maximum Gasteiger partial charge on any atom is 0.351 e. The second kappa shape index (κ2) is 5.24. The minimum Gasteiger partial charge on any atom is -0.467 e. The molecule has 2 aromatic rings. The molecule has 0 radical (unpaired) electrons. The topological polar surface area (TPSA) is 52.6 Å². The van der Waals surface area contributed by atoms with E-state index < -0.39 is 20.5 Å². The largest absolute Gasteiger partial charge is 0.467 e. The fourth-order valence-corrected chi connectivity index (χ4v) is 4.71. The summed E-state index contributed by atoms with van der Waals surface area (Å²) in [6.45, 7) is 9.36. The summed E-state index contributed by atoms with van der Waals surface area (Å²) in [5.74, 6) is 0.882. The molecule has 0 bridgehead atoms. The predicted molar refractivity (Wildman–Crippen MR) is 94.0 cm³/mol. The predicted octanol–water partition coefficient (Wildman–Crippen LogP) is 4.10. The van der Waals surface area contributed by atoms with Gasteiger partial charge >= 0.3 is 10.1 Å². The monoisotopic (exact) mass is 346 g/mol. The van der Waals surface area contributed by atoms with Crippen LogP contribution in [0.5, 0.6) is 11.5 Å². The number of para-hydroxylation sites is 1. The third-order valence-electron chi connectivity index (χ3n) is 5.19. The zero-order valence-corrected chi connectivity index (χ0v) is 15.4. The van der Waals surface area contributed by atoms with Crippen LogP contribution in [0.4, 0.5) is 0 Å². The summed E-state index contributed by atoms with van der Waals surface area (Å²) in [6.07, 6.45) is 0. The van der Waals surface area contributed by atoms with E-state index in [-0.39, 0.29) is 5.75 Å². The highest BCUT2D eigenvalue weighted by Gasteiger charge is 2.62. The highest BCUT2D eigenvalue weighted by atomic mass is 32.2. The van der Waals surface area contributed by atoms with Crippen molar-refractivity contribution in [2.45, 2.75) is 45.0 Å². The first-order chi connectivity index (χ1) is 11.1. The Balaban J connectivity index is 2.10. The summed E-state index contributed by atoms with van der Waals surface area (Å²) < 4.78 is 37.5. The van der Waals surface area contributed by atoms with Gasteiger partial charge in [-0.15, -0.1) is 0 Å². The van der Waals surface area contributed by atoms with Crippen LogP contribution >= 0.6 is 0 Å². The Morgan fingerprint density at radius 3 is 2.21 bits per heavy atom. The lowest BCUT2D eigenvalue weighted by Gasteiger charge is -2.35. The average Bonchev–Trinajstić information content (AvgIpc) is 2.72. The molecule has 0 N–H and O–H groups in total. The second-order valence-corrected chi connectivity index (χ2v) is 8.76. The van der Waals surface area contributed by atoms with E-state index in [1.165, 1.54) is 0 Å². The molecule has 3 rings (SSSR count). The van der Waals surface area contributed by atoms with Crippen molar-refractivity contribution in [2.24, 2.45) is 0 Å². The standard InChI is InChI=1S/C19H22O4S/c1-13-11-12-16-17(14(13)2)18(3,4)19(5,22-16)24(20,21)23-15-9-7-6-8-10-15/h6-12H,1-5H3. The number of ether oxygens (including phenoxy) is 1. The van der Waals surface area contributed by atoms with E-state index >= 15 is 0 Å². The summed E-state index contributed by atoms with van der Waals surface area (Å²) in [7, 11) is -4.04. The molecular weight excluding hydrogens is 324 g/mol. The zero-order chi connectivity index (χ0) is 17.8. The molecule has 1 atom stereocenters. The van der Waals surface area contributed by atoms with Crippen molar-refractivity contribution >= 4 is 10.1 Å². The van der Waals surface area contributed by atoms with E-state index in [0.717, 1.165) is 16.7 Å². The van der Waals surface area contributed by atoms with Gasteiger partial charge in [0.15, 0.2) is 0 Å². The molecule has 4 nitrogen and oxygen atoms in total. The third kappa shape index (κ3) is 2.22. The van der Waals surface area contributed by atoms with Crippen LogP contribution in [-0.2, 0) is 15.5 Å². The van der Waals surface area contributed by atoms with Gasteiger partial charge in [0, 0.05) is 5.56 Å². The molecule has 2 aromatic carbocycles. The van der Waals surface area contributed by atoms with Crippen LogP contribution in [0.15, 0.2) is 42.5 Å². The number of hydrogen-bond donors (Lipinski definition) is 0. The van der Waals surface area contributed by atoms with Crippen molar-refractivity contribution in [1.29, 1.82) is 0 Å². The fraction of sp³-hybridized carbons (Fsp3) is 0.368. The van der Waals surface area contributed by atoms with Gasteiger partial charge in [0.1, 0.15) is 11.5 Å². The van der Waals surface area contributed by atoms with Crippen LogP contribution < -0.4 is 8.92 Å². The SMILES string of the molecule is Cc1ccc2c(c1C)C(C)(C)C(C)(S(=O)(=O)Oc1ccccc1)O2. The van der Waals surface area contributed by atoms with Crippen molar-refractivity contribution in [2.75, 3.05) is 0 Å². The molecule has 0 saturated heterocycles. The Morgan fingerprint density at radius 1 is 0.958 bits per heavy atom. The zero-order valence-electron chi connectivity index (χ0n) is 14.6. The lowest BCUT2D eigenvalue weighted by atomic mass is 9.78. The smallest absolute Gasteiger partial charge is 0.351 e. The minimum atomic E-state index is -4.04. The lowest BCUT2D eigenvalue weighted by molar-refractivity contribution is 0.125. The van der Waals surface area contributed by atoms with Gasteiger partial charge in [0.05, 0.1) is 5.41 Å². The van der Waals surface area contributed by atoms with Gasteiger partial charge in [0.2, 0.25) is 4.93 Å². The fourth-order valence-electron chi connectivity index (χ4n) is 3.26. The van der Waals surface area contributed by atoms with E-state index in [1.54, 1.807) is 37.3 Å². The molecule has 0 aliphatic carbocycles. The molecule has 5 heteroatoms. The summed E-state index contributed by atoms with van der Waals surface area (Å²) >= 11 is 0. The molecule has 128 valence electrons. The maximum absolute atomic E-state index is 13.1. The number of hydrogen-bond acceptors (Lipinski definition) is 4. The molecular formula is C19H22O4S. The number of fused-ring (bicyclic) bond motifs is 1. The van der Waals surface area contributed by atoms with Crippen LogP contribution in [0.3, 0.4) is 0 Å². The van der Waals surface area contributed by atoms with Crippen molar-refractivity contribution in [1.82, 2.24) is 0 Å². The van der Waals surface area contributed by atoms with Crippen LogP contribution in [0.1, 0.15) is 37.5 Å². The Labute approximate surface area is 143 Å². The molecule has 0 fully saturated rings. The lowest BCUT2D eigenvalue weighted by Crippen LogP contribution is -2.53. The minimum absolute atomic E-state index is 0.280. The number of rotatable bonds is 3. The van der Waals surface area contributed by atoms with Crippen molar-refractivity contribution in [3.63, 3.8) is 0 Å². The molecule has 24 heavy (non-hydrogen) atoms. The highest BCUT2D eigenvalue weighted by molar-refractivity contribution is 7.88. The first kappa shape index (κ1) is 16.8. The van der Waals surface area contributed by atoms with Crippen molar-refractivity contribution < 1.29 is 17.3 Å². The molecule has 1 aliphatic heterocycles. The molecule has 0 spiro atoms. The van der Waals surface area contributed by atoms with Gasteiger partial charge in [-0.25, -0.2) is 0 Å². The first-order valence-electron chi connectivity index (χ1n) is 7.89. The Bertz CT molecular complexity index is 885. The van der Waals surface area contributed by atoms with Gasteiger partial charge in [-0.1, -0.05) is 38.1 Å². The second-order valence-electron chi connectivity index (χ2n) is 6.90. The molecule has 0 amide bonds. The van der Waals surface area contributed by atoms with Gasteiger partial charge in [-0.05, 0) is 50.1 Å². The summed E-state index contributed by atoms with van der Waals surface area (Å²) in [6, 6.07) is 12.3. The van der Waals surface area contributed by atoms with Crippen LogP contribution in [0, 0.1) is 13.8 Å². The Morgan fingerprint density at radius 2 is 1.58 bits per heavy atom. The van der Waals surface area contributed by atoms with Gasteiger partial charge < -0.3 is 8.92 Å². The van der Waals surface area contributed by atoms with Gasteiger partial charge in [-0.2, -0.15) is 8.42 Å². The van der Waals surface area contributed by atoms with E-state index in [1.807, 2.05) is 39.8 Å². The van der Waals surface area contributed by atoms with Crippen molar-refractivity contribution in [3.05, 3.63) is 59.2 Å². The Hall–Kier alpha value is -2.01. The normalized spacial score (nSPS) is 21.9. The average molecular weight is 346 g/mol. The summed E-state index contributed by atoms with van der Waals surface area (Å²) in [5.41, 5.74) is 2.32. The maximum atomic E-state index is 13.1. The van der Waals surface area contributed by atoms with Crippen LogP contribution in [0.2, 0.25) is 0 Å².